The van der Waals surface area contributed by atoms with E-state index in [1.54, 1.807) is 6.20 Å². The molecule has 1 aliphatic rings. The summed E-state index contributed by atoms with van der Waals surface area (Å²) >= 11 is 0. The van der Waals surface area contributed by atoms with Crippen LogP contribution >= 0.6 is 0 Å². The summed E-state index contributed by atoms with van der Waals surface area (Å²) in [5.41, 5.74) is 0. The zero-order valence-electron chi connectivity index (χ0n) is 9.02. The molecule has 0 aromatic carbocycles. The standard InChI is InChI=1S/C11H17N3O/c1-9-8-10(9)11(15)12-4-2-6-14-7-3-5-13-14/h3,5,7,9-10H,2,4,6,8H2,1H3,(H,12,15)/t9-,10-/m0/s1. The Morgan fingerprint density at radius 3 is 3.07 bits per heavy atom. The highest BCUT2D eigenvalue weighted by Gasteiger charge is 2.38. The molecular formula is C11H17N3O. The SMILES string of the molecule is C[C@H]1C[C@@H]1C(=O)NCCCn1cccn1. The molecule has 0 unspecified atom stereocenters. The molecule has 1 aromatic rings. The molecule has 0 bridgehead atoms. The fourth-order valence-corrected chi connectivity index (χ4v) is 1.70. The maximum atomic E-state index is 11.4. The van der Waals surface area contributed by atoms with Gasteiger partial charge in [0.25, 0.3) is 0 Å². The second-order valence-electron chi connectivity index (χ2n) is 4.23. The van der Waals surface area contributed by atoms with E-state index in [4.69, 9.17) is 0 Å². The van der Waals surface area contributed by atoms with E-state index in [9.17, 15) is 4.79 Å². The smallest absolute Gasteiger partial charge is 0.223 e. The van der Waals surface area contributed by atoms with Crippen molar-refractivity contribution in [1.82, 2.24) is 15.1 Å². The van der Waals surface area contributed by atoms with Gasteiger partial charge in [0.1, 0.15) is 0 Å². The van der Waals surface area contributed by atoms with Gasteiger partial charge in [0.05, 0.1) is 0 Å². The number of nitrogens with zero attached hydrogens (tertiary/aromatic N) is 2. The van der Waals surface area contributed by atoms with Crippen LogP contribution in [-0.4, -0.2) is 22.2 Å². The molecule has 1 heterocycles. The van der Waals surface area contributed by atoms with Crippen LogP contribution in [0.3, 0.4) is 0 Å². The first-order chi connectivity index (χ1) is 7.27. The molecule has 1 aliphatic carbocycles. The van der Waals surface area contributed by atoms with Gasteiger partial charge in [0.2, 0.25) is 5.91 Å². The van der Waals surface area contributed by atoms with E-state index >= 15 is 0 Å². The summed E-state index contributed by atoms with van der Waals surface area (Å²) in [6.07, 6.45) is 5.70. The third kappa shape index (κ3) is 2.81. The van der Waals surface area contributed by atoms with Crippen molar-refractivity contribution in [3.63, 3.8) is 0 Å². The Labute approximate surface area is 89.7 Å². The van der Waals surface area contributed by atoms with Crippen LogP contribution in [0, 0.1) is 11.8 Å². The van der Waals surface area contributed by atoms with Gasteiger partial charge in [0.15, 0.2) is 0 Å². The summed E-state index contributed by atoms with van der Waals surface area (Å²) in [4.78, 5) is 11.4. The Hall–Kier alpha value is -1.32. The van der Waals surface area contributed by atoms with Crippen LogP contribution in [0.25, 0.3) is 0 Å². The number of rotatable bonds is 5. The van der Waals surface area contributed by atoms with Gasteiger partial charge in [-0.25, -0.2) is 0 Å². The van der Waals surface area contributed by atoms with Crippen molar-refractivity contribution in [1.29, 1.82) is 0 Å². The molecule has 2 rings (SSSR count). The zero-order chi connectivity index (χ0) is 10.7. The second kappa shape index (κ2) is 4.47. The summed E-state index contributed by atoms with van der Waals surface area (Å²) in [5.74, 6) is 1.11. The summed E-state index contributed by atoms with van der Waals surface area (Å²) in [5, 5.41) is 7.05. The molecule has 0 saturated heterocycles. The maximum Gasteiger partial charge on any atom is 0.223 e. The maximum absolute atomic E-state index is 11.4. The fourth-order valence-electron chi connectivity index (χ4n) is 1.70. The minimum atomic E-state index is 0.225. The Morgan fingerprint density at radius 2 is 2.47 bits per heavy atom. The van der Waals surface area contributed by atoms with Gasteiger partial charge in [-0.1, -0.05) is 6.92 Å². The molecule has 1 amide bonds. The quantitative estimate of drug-likeness (QED) is 0.733. The number of carbonyl (C=O) groups is 1. The minimum Gasteiger partial charge on any atom is -0.356 e. The van der Waals surface area contributed by atoms with Crippen molar-refractivity contribution in [3.8, 4) is 0 Å². The van der Waals surface area contributed by atoms with Crippen LogP contribution < -0.4 is 5.32 Å². The lowest BCUT2D eigenvalue weighted by atomic mass is 10.3. The molecule has 4 nitrogen and oxygen atoms in total. The van der Waals surface area contributed by atoms with E-state index in [0.29, 0.717) is 5.92 Å². The van der Waals surface area contributed by atoms with Crippen LogP contribution in [0.5, 0.6) is 0 Å². The van der Waals surface area contributed by atoms with Crippen molar-refractivity contribution in [2.45, 2.75) is 26.3 Å². The molecule has 0 aliphatic heterocycles. The molecule has 0 spiro atoms. The molecule has 4 heteroatoms. The van der Waals surface area contributed by atoms with Crippen molar-refractivity contribution < 1.29 is 4.79 Å². The number of amides is 1. The van der Waals surface area contributed by atoms with E-state index in [1.165, 1.54) is 0 Å². The highest BCUT2D eigenvalue weighted by molar-refractivity contribution is 5.81. The highest BCUT2D eigenvalue weighted by atomic mass is 16.2. The van der Waals surface area contributed by atoms with E-state index in [0.717, 1.165) is 25.9 Å². The van der Waals surface area contributed by atoms with E-state index in [-0.39, 0.29) is 11.8 Å². The van der Waals surface area contributed by atoms with Gasteiger partial charge in [0, 0.05) is 31.4 Å². The molecule has 1 fully saturated rings. The van der Waals surface area contributed by atoms with Gasteiger partial charge in [-0.2, -0.15) is 5.10 Å². The number of hydrogen-bond donors (Lipinski definition) is 1. The van der Waals surface area contributed by atoms with Crippen LogP contribution in [0.1, 0.15) is 19.8 Å². The molecule has 15 heavy (non-hydrogen) atoms. The lowest BCUT2D eigenvalue weighted by Gasteiger charge is -2.04. The van der Waals surface area contributed by atoms with E-state index in [2.05, 4.69) is 17.3 Å². The topological polar surface area (TPSA) is 46.9 Å². The van der Waals surface area contributed by atoms with Crippen LogP contribution in [0.4, 0.5) is 0 Å². The van der Waals surface area contributed by atoms with E-state index < -0.39 is 0 Å². The first kappa shape index (κ1) is 10.2. The summed E-state index contributed by atoms with van der Waals surface area (Å²) in [6.45, 7) is 3.74. The fraction of sp³-hybridized carbons (Fsp3) is 0.636. The number of nitrogens with one attached hydrogen (secondary N) is 1. The van der Waals surface area contributed by atoms with Gasteiger partial charge in [-0.05, 0) is 24.8 Å². The molecule has 1 aromatic heterocycles. The predicted molar refractivity (Wildman–Crippen MR) is 57.1 cm³/mol. The largest absolute Gasteiger partial charge is 0.356 e. The van der Waals surface area contributed by atoms with E-state index in [1.807, 2.05) is 16.9 Å². The van der Waals surface area contributed by atoms with Crippen molar-refractivity contribution in [2.24, 2.45) is 11.8 Å². The third-order valence-corrected chi connectivity index (χ3v) is 2.87. The van der Waals surface area contributed by atoms with Crippen molar-refractivity contribution >= 4 is 5.91 Å². The first-order valence-corrected chi connectivity index (χ1v) is 5.52. The van der Waals surface area contributed by atoms with Gasteiger partial charge in [-0.15, -0.1) is 0 Å². The number of aromatic nitrogens is 2. The minimum absolute atomic E-state index is 0.225. The lowest BCUT2D eigenvalue weighted by Crippen LogP contribution is -2.27. The van der Waals surface area contributed by atoms with Crippen LogP contribution in [0.15, 0.2) is 18.5 Å². The zero-order valence-corrected chi connectivity index (χ0v) is 9.02. The molecule has 82 valence electrons. The normalized spacial score (nSPS) is 23.8. The number of aryl methyl sites for hydroxylation is 1. The Bertz CT molecular complexity index is 321. The Morgan fingerprint density at radius 1 is 1.67 bits per heavy atom. The summed E-state index contributed by atoms with van der Waals surface area (Å²) in [7, 11) is 0. The first-order valence-electron chi connectivity index (χ1n) is 5.52. The monoisotopic (exact) mass is 207 g/mol. The van der Waals surface area contributed by atoms with Gasteiger partial charge in [-0.3, -0.25) is 9.48 Å². The average Bonchev–Trinajstić information content (AvgIpc) is 2.77. The Balaban J connectivity index is 1.57. The molecular weight excluding hydrogens is 190 g/mol. The lowest BCUT2D eigenvalue weighted by molar-refractivity contribution is -0.122. The van der Waals surface area contributed by atoms with Crippen LogP contribution in [-0.2, 0) is 11.3 Å². The summed E-state index contributed by atoms with van der Waals surface area (Å²) in [6, 6.07) is 1.91. The Kier molecular flexibility index (Phi) is 3.04. The molecule has 1 saturated carbocycles. The van der Waals surface area contributed by atoms with Crippen LogP contribution in [0.2, 0.25) is 0 Å². The van der Waals surface area contributed by atoms with Crippen molar-refractivity contribution in [3.05, 3.63) is 18.5 Å². The second-order valence-corrected chi connectivity index (χ2v) is 4.23. The molecule has 1 N–H and O–H groups in total. The molecule has 2 atom stereocenters. The van der Waals surface area contributed by atoms with Gasteiger partial charge < -0.3 is 5.32 Å². The molecule has 0 radical (unpaired) electrons. The predicted octanol–water partition coefficient (Wildman–Crippen LogP) is 1.05. The highest BCUT2D eigenvalue weighted by Crippen LogP contribution is 2.37. The third-order valence-electron chi connectivity index (χ3n) is 2.87. The van der Waals surface area contributed by atoms with Crippen molar-refractivity contribution in [2.75, 3.05) is 6.54 Å². The summed E-state index contributed by atoms with van der Waals surface area (Å²) < 4.78 is 1.88. The number of hydrogen-bond acceptors (Lipinski definition) is 2. The average molecular weight is 207 g/mol. The number of carbonyl (C=O) groups excluding carboxylic acids is 1. The van der Waals surface area contributed by atoms with Gasteiger partial charge >= 0.3 is 0 Å².